The molecule has 0 heterocycles. The van der Waals surface area contributed by atoms with Crippen LogP contribution in [-0.2, 0) is 36.9 Å². The summed E-state index contributed by atoms with van der Waals surface area (Å²) in [6, 6.07) is 16.2. The molecular formula is C35H49N3O7. The molecule has 0 bridgehead atoms. The van der Waals surface area contributed by atoms with E-state index >= 15 is 0 Å². The number of amides is 3. The van der Waals surface area contributed by atoms with Crippen LogP contribution in [0.3, 0.4) is 0 Å². The molecule has 4 N–H and O–H groups in total. The van der Waals surface area contributed by atoms with Crippen molar-refractivity contribution in [3.05, 3.63) is 84.4 Å². The fraction of sp³-hybridized carbons (Fsp3) is 0.486. The number of carbonyl (C=O) groups is 4. The fourth-order valence-electron chi connectivity index (χ4n) is 4.49. The standard InChI is InChI=1S/C35H49N3O7/c1-7-14-27(32(41)36-22-24(2)3)20-30(39)28(19-25-15-10-8-11-16-25)37-31(40)21-29(38-34(43)45-35(4,5)6)33(42)44-23-26-17-12-9-13-18-26/h7-13,15-18,24,27-30,39H,1,14,19-23H2,2-6H3,(H,36,41)(H,37,40)(H,38,43)/t27-,28+,29+,30+/m1/s1. The third-order valence-corrected chi connectivity index (χ3v) is 6.73. The van der Waals surface area contributed by atoms with Crippen molar-refractivity contribution >= 4 is 23.9 Å². The number of aliphatic hydroxyl groups is 1. The van der Waals surface area contributed by atoms with Gasteiger partial charge in [0.05, 0.1) is 18.6 Å². The van der Waals surface area contributed by atoms with Crippen LogP contribution in [0.2, 0.25) is 0 Å². The lowest BCUT2D eigenvalue weighted by Gasteiger charge is -2.28. The van der Waals surface area contributed by atoms with Crippen LogP contribution in [0.4, 0.5) is 4.79 Å². The molecule has 2 aromatic rings. The van der Waals surface area contributed by atoms with Crippen LogP contribution in [0.5, 0.6) is 0 Å². The molecule has 10 heteroatoms. The number of nitrogens with one attached hydrogen (secondary N) is 3. The Balaban J connectivity index is 2.22. The Bertz CT molecular complexity index is 1230. The molecule has 10 nitrogen and oxygen atoms in total. The zero-order valence-corrected chi connectivity index (χ0v) is 27.1. The molecule has 0 aliphatic carbocycles. The summed E-state index contributed by atoms with van der Waals surface area (Å²) in [5.41, 5.74) is 0.764. The normalized spacial score (nSPS) is 13.9. The first kappa shape index (κ1) is 37.0. The number of alkyl carbamates (subject to hydrolysis) is 1. The Morgan fingerprint density at radius 1 is 0.933 bits per heavy atom. The molecule has 0 aromatic heterocycles. The van der Waals surface area contributed by atoms with Crippen LogP contribution >= 0.6 is 0 Å². The second-order valence-corrected chi connectivity index (χ2v) is 12.5. The monoisotopic (exact) mass is 623 g/mol. The van der Waals surface area contributed by atoms with Crippen molar-refractivity contribution in [3.63, 3.8) is 0 Å². The lowest BCUT2D eigenvalue weighted by Crippen LogP contribution is -2.50. The molecule has 45 heavy (non-hydrogen) atoms. The second-order valence-electron chi connectivity index (χ2n) is 12.5. The van der Waals surface area contributed by atoms with Crippen molar-refractivity contribution in [2.75, 3.05) is 6.54 Å². The van der Waals surface area contributed by atoms with Crippen LogP contribution in [0.1, 0.15) is 65.0 Å². The fourth-order valence-corrected chi connectivity index (χ4v) is 4.49. The number of ether oxygens (including phenoxy) is 2. The highest BCUT2D eigenvalue weighted by Crippen LogP contribution is 2.18. The predicted molar refractivity (Wildman–Crippen MR) is 173 cm³/mol. The first-order chi connectivity index (χ1) is 21.3. The molecule has 2 rings (SSSR count). The van der Waals surface area contributed by atoms with Crippen LogP contribution < -0.4 is 16.0 Å². The third kappa shape index (κ3) is 14.9. The minimum absolute atomic E-state index is 0.0489. The number of benzene rings is 2. The van der Waals surface area contributed by atoms with Crippen molar-refractivity contribution in [2.24, 2.45) is 11.8 Å². The third-order valence-electron chi connectivity index (χ3n) is 6.73. The van der Waals surface area contributed by atoms with Gasteiger partial charge in [0.1, 0.15) is 18.2 Å². The maximum Gasteiger partial charge on any atom is 0.408 e. The highest BCUT2D eigenvalue weighted by atomic mass is 16.6. The quantitative estimate of drug-likeness (QED) is 0.151. The molecule has 0 radical (unpaired) electrons. The number of allylic oxidation sites excluding steroid dienone is 1. The van der Waals surface area contributed by atoms with Crippen molar-refractivity contribution in [3.8, 4) is 0 Å². The van der Waals surface area contributed by atoms with Crippen molar-refractivity contribution in [2.45, 2.75) is 90.7 Å². The largest absolute Gasteiger partial charge is 0.459 e. The Hall–Kier alpha value is -4.18. The summed E-state index contributed by atoms with van der Waals surface area (Å²) in [6.07, 6.45) is -0.121. The summed E-state index contributed by atoms with van der Waals surface area (Å²) in [4.78, 5) is 52.0. The molecule has 3 amide bonds. The van der Waals surface area contributed by atoms with Gasteiger partial charge >= 0.3 is 12.1 Å². The first-order valence-corrected chi connectivity index (χ1v) is 15.4. The average molecular weight is 624 g/mol. The van der Waals surface area contributed by atoms with E-state index in [1.807, 2.05) is 50.2 Å². The zero-order chi connectivity index (χ0) is 33.4. The van der Waals surface area contributed by atoms with Crippen LogP contribution in [0, 0.1) is 11.8 Å². The molecule has 0 aliphatic heterocycles. The van der Waals surface area contributed by atoms with Gasteiger partial charge in [0.15, 0.2) is 0 Å². The molecule has 0 spiro atoms. The maximum atomic E-state index is 13.4. The number of carbonyl (C=O) groups excluding carboxylic acids is 4. The first-order valence-electron chi connectivity index (χ1n) is 15.4. The summed E-state index contributed by atoms with van der Waals surface area (Å²) in [5, 5.41) is 19.6. The summed E-state index contributed by atoms with van der Waals surface area (Å²) in [5.74, 6) is -1.91. The van der Waals surface area contributed by atoms with E-state index in [1.54, 1.807) is 51.1 Å². The van der Waals surface area contributed by atoms with Gasteiger partial charge in [0.25, 0.3) is 0 Å². The number of rotatable bonds is 17. The van der Waals surface area contributed by atoms with Gasteiger partial charge in [0.2, 0.25) is 11.8 Å². The Morgan fingerprint density at radius 3 is 2.09 bits per heavy atom. The van der Waals surface area contributed by atoms with Gasteiger partial charge in [-0.05, 0) is 57.1 Å². The van der Waals surface area contributed by atoms with E-state index in [-0.39, 0.29) is 31.3 Å². The molecule has 246 valence electrons. The Morgan fingerprint density at radius 2 is 1.53 bits per heavy atom. The van der Waals surface area contributed by atoms with Gasteiger partial charge in [-0.2, -0.15) is 0 Å². The van der Waals surface area contributed by atoms with Crippen molar-refractivity contribution < 1.29 is 33.8 Å². The number of hydrogen-bond donors (Lipinski definition) is 4. The van der Waals surface area contributed by atoms with Gasteiger partial charge in [-0.3, -0.25) is 9.59 Å². The maximum absolute atomic E-state index is 13.4. The van der Waals surface area contributed by atoms with Gasteiger partial charge in [-0.1, -0.05) is 80.6 Å². The average Bonchev–Trinajstić information content (AvgIpc) is 2.97. The molecule has 0 aliphatic rings. The van der Waals surface area contributed by atoms with Crippen LogP contribution in [-0.4, -0.2) is 59.3 Å². The lowest BCUT2D eigenvalue weighted by molar-refractivity contribution is -0.149. The number of hydrogen-bond acceptors (Lipinski definition) is 7. The zero-order valence-electron chi connectivity index (χ0n) is 27.1. The predicted octanol–water partition coefficient (Wildman–Crippen LogP) is 4.46. The van der Waals surface area contributed by atoms with Crippen molar-refractivity contribution in [1.29, 1.82) is 0 Å². The van der Waals surface area contributed by atoms with Crippen LogP contribution in [0.15, 0.2) is 73.3 Å². The molecule has 2 aromatic carbocycles. The molecule has 0 saturated carbocycles. The highest BCUT2D eigenvalue weighted by Gasteiger charge is 2.31. The summed E-state index contributed by atoms with van der Waals surface area (Å²) >= 11 is 0. The van der Waals surface area contributed by atoms with Gasteiger partial charge in [-0.15, -0.1) is 6.58 Å². The molecule has 0 unspecified atom stereocenters. The van der Waals surface area contributed by atoms with Gasteiger partial charge < -0.3 is 30.5 Å². The van der Waals surface area contributed by atoms with E-state index in [0.717, 1.165) is 11.1 Å². The van der Waals surface area contributed by atoms with Crippen molar-refractivity contribution in [1.82, 2.24) is 16.0 Å². The second kappa shape index (κ2) is 18.6. The molecule has 0 fully saturated rings. The van der Waals surface area contributed by atoms with Gasteiger partial charge in [0, 0.05) is 12.5 Å². The Labute approximate surface area is 267 Å². The summed E-state index contributed by atoms with van der Waals surface area (Å²) in [7, 11) is 0. The minimum atomic E-state index is -1.35. The van der Waals surface area contributed by atoms with E-state index in [0.29, 0.717) is 13.0 Å². The van der Waals surface area contributed by atoms with Gasteiger partial charge in [-0.25, -0.2) is 9.59 Å². The molecule has 0 saturated heterocycles. The smallest absolute Gasteiger partial charge is 0.408 e. The number of esters is 1. The lowest BCUT2D eigenvalue weighted by atomic mass is 9.90. The molecule has 4 atom stereocenters. The molecular weight excluding hydrogens is 574 g/mol. The van der Waals surface area contributed by atoms with Crippen LogP contribution in [0.25, 0.3) is 0 Å². The summed E-state index contributed by atoms with van der Waals surface area (Å²) in [6.45, 7) is 13.2. The SMILES string of the molecule is C=CC[C@H](C[C@H](O)[C@H](Cc1ccccc1)NC(=O)C[C@H](NC(=O)OC(C)(C)C)C(=O)OCc1ccccc1)C(=O)NCC(C)C. The number of aliphatic hydroxyl groups excluding tert-OH is 1. The Kier molecular flexibility index (Phi) is 15.3. The highest BCUT2D eigenvalue weighted by molar-refractivity contribution is 5.88. The van der Waals surface area contributed by atoms with E-state index in [2.05, 4.69) is 22.5 Å². The van der Waals surface area contributed by atoms with E-state index in [9.17, 15) is 24.3 Å². The van der Waals surface area contributed by atoms with E-state index in [1.165, 1.54) is 0 Å². The minimum Gasteiger partial charge on any atom is -0.459 e. The summed E-state index contributed by atoms with van der Waals surface area (Å²) < 4.78 is 10.7. The van der Waals surface area contributed by atoms with E-state index < -0.39 is 54.1 Å². The topological polar surface area (TPSA) is 143 Å². The van der Waals surface area contributed by atoms with E-state index in [4.69, 9.17) is 9.47 Å².